The van der Waals surface area contributed by atoms with Crippen LogP contribution in [-0.2, 0) is 4.74 Å². The molecule has 0 unspecified atom stereocenters. The molecule has 1 amide bonds. The molecule has 1 aromatic heterocycles. The van der Waals surface area contributed by atoms with E-state index in [-0.39, 0.29) is 11.1 Å². The van der Waals surface area contributed by atoms with Crippen molar-refractivity contribution in [1.29, 1.82) is 0 Å². The molecule has 4 atom stereocenters. The molecule has 1 aliphatic heterocycles. The second-order valence-corrected chi connectivity index (χ2v) is 4.08. The Labute approximate surface area is 106 Å². The summed E-state index contributed by atoms with van der Waals surface area (Å²) in [5.74, 6) is -1.22. The van der Waals surface area contributed by atoms with Gasteiger partial charge in [-0.15, -0.1) is 5.10 Å². The molecule has 2 rings (SSSR count). The number of nitrogens with zero attached hydrogens (tertiary/aromatic N) is 3. The van der Waals surface area contributed by atoms with Crippen LogP contribution in [0.3, 0.4) is 0 Å². The van der Waals surface area contributed by atoms with Gasteiger partial charge in [-0.2, -0.15) is 4.98 Å². The number of aliphatic hydroxyl groups excluding tert-OH is 3. The fourth-order valence-corrected chi connectivity index (χ4v) is 1.89. The standard InChI is InChI=1S/C8H11ClN4O5/c9-8-11-6(5(10)17)13(12-8)7-4(16)3(15)2(1-14)18-7/h2-4,7,14-16H,1H2,(H2,10,17)/t2-,3-,4-,7-/m1/s1. The highest BCUT2D eigenvalue weighted by Crippen LogP contribution is 2.29. The third-order valence-electron chi connectivity index (χ3n) is 2.58. The van der Waals surface area contributed by atoms with Crippen molar-refractivity contribution in [3.63, 3.8) is 0 Å². The Morgan fingerprint density at radius 2 is 2.17 bits per heavy atom. The molecule has 18 heavy (non-hydrogen) atoms. The molecule has 0 radical (unpaired) electrons. The molecule has 100 valence electrons. The van der Waals surface area contributed by atoms with Gasteiger partial charge in [-0.1, -0.05) is 0 Å². The quantitative estimate of drug-likeness (QED) is 0.484. The molecule has 1 aromatic rings. The highest BCUT2D eigenvalue weighted by Gasteiger charge is 2.45. The van der Waals surface area contributed by atoms with E-state index in [0.717, 1.165) is 4.68 Å². The van der Waals surface area contributed by atoms with Crippen LogP contribution in [0.4, 0.5) is 0 Å². The monoisotopic (exact) mass is 278 g/mol. The van der Waals surface area contributed by atoms with E-state index < -0.39 is 37.1 Å². The van der Waals surface area contributed by atoms with Gasteiger partial charge in [0.2, 0.25) is 11.1 Å². The normalized spacial score (nSPS) is 31.8. The molecule has 0 bridgehead atoms. The number of hydrogen-bond donors (Lipinski definition) is 4. The minimum absolute atomic E-state index is 0.249. The number of carbonyl (C=O) groups is 1. The summed E-state index contributed by atoms with van der Waals surface area (Å²) in [4.78, 5) is 14.7. The first-order chi connectivity index (χ1) is 8.45. The fourth-order valence-electron chi connectivity index (χ4n) is 1.72. The van der Waals surface area contributed by atoms with Gasteiger partial charge in [0.1, 0.15) is 18.3 Å². The molecule has 1 aliphatic rings. The van der Waals surface area contributed by atoms with Crippen LogP contribution in [0.2, 0.25) is 5.28 Å². The second-order valence-electron chi connectivity index (χ2n) is 3.74. The van der Waals surface area contributed by atoms with E-state index in [4.69, 9.17) is 27.2 Å². The Hall–Kier alpha value is -1.26. The zero-order valence-electron chi connectivity index (χ0n) is 8.97. The lowest BCUT2D eigenvalue weighted by atomic mass is 10.1. The van der Waals surface area contributed by atoms with Crippen molar-refractivity contribution in [3.05, 3.63) is 11.1 Å². The van der Waals surface area contributed by atoms with Gasteiger partial charge in [-0.05, 0) is 11.6 Å². The lowest BCUT2D eigenvalue weighted by Crippen LogP contribution is -2.34. The first kappa shape index (κ1) is 13.2. The predicted molar refractivity (Wildman–Crippen MR) is 56.6 cm³/mol. The average molecular weight is 279 g/mol. The highest BCUT2D eigenvalue weighted by atomic mass is 35.5. The minimum atomic E-state index is -1.39. The van der Waals surface area contributed by atoms with Gasteiger partial charge in [0, 0.05) is 0 Å². The van der Waals surface area contributed by atoms with Crippen LogP contribution in [-0.4, -0.2) is 60.9 Å². The predicted octanol–water partition coefficient (Wildman–Crippen LogP) is -2.36. The second kappa shape index (κ2) is 4.78. The van der Waals surface area contributed by atoms with E-state index in [1.54, 1.807) is 0 Å². The van der Waals surface area contributed by atoms with Crippen LogP contribution in [0.1, 0.15) is 16.8 Å². The number of ether oxygens (including phenoxy) is 1. The maximum absolute atomic E-state index is 11.1. The number of carbonyl (C=O) groups excluding carboxylic acids is 1. The molecule has 0 aliphatic carbocycles. The molecule has 10 heteroatoms. The maximum atomic E-state index is 11.1. The van der Waals surface area contributed by atoms with E-state index >= 15 is 0 Å². The molecular weight excluding hydrogens is 268 g/mol. The summed E-state index contributed by atoms with van der Waals surface area (Å²) < 4.78 is 6.05. The zero-order chi connectivity index (χ0) is 13.4. The van der Waals surface area contributed by atoms with Crippen molar-refractivity contribution in [3.8, 4) is 0 Å². The van der Waals surface area contributed by atoms with E-state index in [1.165, 1.54) is 0 Å². The Morgan fingerprint density at radius 3 is 2.67 bits per heavy atom. The first-order valence-electron chi connectivity index (χ1n) is 5.00. The highest BCUT2D eigenvalue weighted by molar-refractivity contribution is 6.28. The van der Waals surface area contributed by atoms with Crippen molar-refractivity contribution in [2.75, 3.05) is 6.61 Å². The topological polar surface area (TPSA) is 144 Å². The number of aliphatic hydroxyl groups is 3. The van der Waals surface area contributed by atoms with Gasteiger partial charge in [-0.3, -0.25) is 4.79 Å². The number of primary amides is 1. The maximum Gasteiger partial charge on any atom is 0.286 e. The number of rotatable bonds is 3. The summed E-state index contributed by atoms with van der Waals surface area (Å²) in [6.07, 6.45) is -4.89. The smallest absolute Gasteiger partial charge is 0.286 e. The third kappa shape index (κ3) is 2.06. The fraction of sp³-hybridized carbons (Fsp3) is 0.625. The third-order valence-corrected chi connectivity index (χ3v) is 2.74. The van der Waals surface area contributed by atoms with Crippen LogP contribution in [0.15, 0.2) is 0 Å². The average Bonchev–Trinajstić information content (AvgIpc) is 2.82. The van der Waals surface area contributed by atoms with Crippen LogP contribution in [0.5, 0.6) is 0 Å². The van der Waals surface area contributed by atoms with Crippen LogP contribution < -0.4 is 5.73 Å². The van der Waals surface area contributed by atoms with E-state index in [1.807, 2.05) is 0 Å². The summed E-state index contributed by atoms with van der Waals surface area (Å²) in [6, 6.07) is 0. The molecule has 2 heterocycles. The van der Waals surface area contributed by atoms with E-state index in [9.17, 15) is 15.0 Å². The number of halogens is 1. The summed E-state index contributed by atoms with van der Waals surface area (Å²) in [5, 5.41) is 31.7. The summed E-state index contributed by atoms with van der Waals surface area (Å²) >= 11 is 5.54. The van der Waals surface area contributed by atoms with Crippen molar-refractivity contribution >= 4 is 17.5 Å². The Kier molecular flexibility index (Phi) is 3.50. The Morgan fingerprint density at radius 1 is 1.50 bits per heavy atom. The van der Waals surface area contributed by atoms with Gasteiger partial charge in [0.15, 0.2) is 6.23 Å². The van der Waals surface area contributed by atoms with E-state index in [0.29, 0.717) is 0 Å². The molecule has 9 nitrogen and oxygen atoms in total. The van der Waals surface area contributed by atoms with Crippen molar-refractivity contribution < 1.29 is 24.9 Å². The van der Waals surface area contributed by atoms with Gasteiger partial charge in [0.25, 0.3) is 5.91 Å². The Balaban J connectivity index is 2.35. The van der Waals surface area contributed by atoms with Gasteiger partial charge in [-0.25, -0.2) is 4.68 Å². The van der Waals surface area contributed by atoms with Gasteiger partial charge < -0.3 is 25.8 Å². The summed E-state index contributed by atoms with van der Waals surface area (Å²) in [7, 11) is 0. The molecule has 1 fully saturated rings. The van der Waals surface area contributed by atoms with Gasteiger partial charge in [0.05, 0.1) is 6.61 Å². The molecular formula is C8H11ClN4O5. The summed E-state index contributed by atoms with van der Waals surface area (Å²) in [6.45, 7) is -0.497. The number of amides is 1. The first-order valence-corrected chi connectivity index (χ1v) is 5.37. The van der Waals surface area contributed by atoms with Crippen LogP contribution in [0, 0.1) is 0 Å². The van der Waals surface area contributed by atoms with Crippen molar-refractivity contribution in [2.45, 2.75) is 24.5 Å². The number of nitrogens with two attached hydrogens (primary N) is 1. The lowest BCUT2D eigenvalue weighted by Gasteiger charge is -2.15. The Bertz CT molecular complexity index is 466. The molecule has 5 N–H and O–H groups in total. The SMILES string of the molecule is NC(=O)c1nc(Cl)nn1[C@@H]1O[C@H](CO)[C@@H](O)[C@H]1O. The van der Waals surface area contributed by atoms with Crippen molar-refractivity contribution in [1.82, 2.24) is 14.8 Å². The number of hydrogen-bond acceptors (Lipinski definition) is 7. The molecule has 0 aromatic carbocycles. The zero-order valence-corrected chi connectivity index (χ0v) is 9.73. The molecule has 0 spiro atoms. The molecule has 0 saturated carbocycles. The number of aromatic nitrogens is 3. The lowest BCUT2D eigenvalue weighted by molar-refractivity contribution is -0.0595. The van der Waals surface area contributed by atoms with Crippen LogP contribution in [0.25, 0.3) is 0 Å². The largest absolute Gasteiger partial charge is 0.394 e. The van der Waals surface area contributed by atoms with E-state index in [2.05, 4.69) is 10.1 Å². The summed E-state index contributed by atoms with van der Waals surface area (Å²) in [5.41, 5.74) is 5.07. The van der Waals surface area contributed by atoms with Gasteiger partial charge >= 0.3 is 0 Å². The van der Waals surface area contributed by atoms with Crippen LogP contribution >= 0.6 is 11.6 Å². The minimum Gasteiger partial charge on any atom is -0.394 e. The van der Waals surface area contributed by atoms with Crippen molar-refractivity contribution in [2.24, 2.45) is 5.73 Å². The molecule has 1 saturated heterocycles.